The van der Waals surface area contributed by atoms with Crippen molar-refractivity contribution in [3.63, 3.8) is 0 Å². The predicted molar refractivity (Wildman–Crippen MR) is 106 cm³/mol. The lowest BCUT2D eigenvalue weighted by Gasteiger charge is -2.23. The van der Waals surface area contributed by atoms with E-state index in [1.165, 1.54) is 4.88 Å². The van der Waals surface area contributed by atoms with Crippen LogP contribution in [0.4, 0.5) is 5.69 Å². The van der Waals surface area contributed by atoms with Crippen LogP contribution in [0, 0.1) is 0 Å². The van der Waals surface area contributed by atoms with Crippen molar-refractivity contribution in [2.24, 2.45) is 0 Å². The monoisotopic (exact) mass is 371 g/mol. The molecular weight excluding hydrogens is 346 g/mol. The van der Waals surface area contributed by atoms with Gasteiger partial charge in [-0.15, -0.1) is 11.3 Å². The summed E-state index contributed by atoms with van der Waals surface area (Å²) in [6.07, 6.45) is 1.30. The topological polar surface area (TPSA) is 52.7 Å². The molecule has 0 saturated carbocycles. The first-order valence-corrected chi connectivity index (χ1v) is 9.80. The van der Waals surface area contributed by atoms with Gasteiger partial charge in [-0.25, -0.2) is 0 Å². The van der Waals surface area contributed by atoms with Gasteiger partial charge in [0.2, 0.25) is 5.91 Å². The van der Waals surface area contributed by atoms with E-state index in [9.17, 15) is 9.59 Å². The van der Waals surface area contributed by atoms with Gasteiger partial charge in [-0.05, 0) is 55.7 Å². The zero-order valence-electron chi connectivity index (χ0n) is 15.5. The summed E-state index contributed by atoms with van der Waals surface area (Å²) in [5.41, 5.74) is 2.67. The highest BCUT2D eigenvalue weighted by atomic mass is 32.1. The van der Waals surface area contributed by atoms with E-state index in [-0.39, 0.29) is 17.9 Å². The summed E-state index contributed by atoms with van der Waals surface area (Å²) < 4.78 is 0. The third-order valence-electron chi connectivity index (χ3n) is 4.79. The van der Waals surface area contributed by atoms with Gasteiger partial charge in [0, 0.05) is 35.6 Å². The molecule has 1 N–H and O–H groups in total. The first-order chi connectivity index (χ1) is 12.5. The highest BCUT2D eigenvalue weighted by molar-refractivity contribution is 7.10. The third-order valence-corrected chi connectivity index (χ3v) is 5.77. The van der Waals surface area contributed by atoms with Crippen LogP contribution >= 0.6 is 11.3 Å². The molecule has 3 rings (SSSR count). The van der Waals surface area contributed by atoms with Gasteiger partial charge in [-0.3, -0.25) is 9.59 Å². The van der Waals surface area contributed by atoms with Gasteiger partial charge >= 0.3 is 0 Å². The Bertz CT molecular complexity index is 786. The van der Waals surface area contributed by atoms with Crippen LogP contribution in [0.2, 0.25) is 0 Å². The normalized spacial score (nSPS) is 14.4. The molecule has 5 nitrogen and oxygen atoms in total. The molecule has 1 aromatic carbocycles. The summed E-state index contributed by atoms with van der Waals surface area (Å²) in [7, 11) is 4.04. The number of hydrogen-bond donors (Lipinski definition) is 1. The second-order valence-electron chi connectivity index (χ2n) is 6.70. The summed E-state index contributed by atoms with van der Waals surface area (Å²) in [6.45, 7) is 3.13. The number of amides is 2. The second-order valence-corrected chi connectivity index (χ2v) is 7.68. The number of thiophene rings is 1. The van der Waals surface area contributed by atoms with Crippen molar-refractivity contribution in [1.29, 1.82) is 0 Å². The maximum absolute atomic E-state index is 12.6. The maximum Gasteiger partial charge on any atom is 0.251 e. The first-order valence-electron chi connectivity index (χ1n) is 8.92. The van der Waals surface area contributed by atoms with Crippen LogP contribution in [0.5, 0.6) is 0 Å². The van der Waals surface area contributed by atoms with Crippen LogP contribution < -0.4 is 10.2 Å². The number of likely N-dealkylation sites (N-methyl/N-ethyl adjacent to an activating group) is 1. The van der Waals surface area contributed by atoms with E-state index in [4.69, 9.17) is 0 Å². The zero-order chi connectivity index (χ0) is 18.7. The third kappa shape index (κ3) is 3.81. The molecule has 138 valence electrons. The number of benzene rings is 1. The number of carbonyl (C=O) groups excluding carboxylic acids is 2. The average Bonchev–Trinajstić information content (AvgIpc) is 3.30. The van der Waals surface area contributed by atoms with E-state index in [1.54, 1.807) is 11.3 Å². The number of hydrogen-bond acceptors (Lipinski definition) is 4. The molecule has 1 atom stereocenters. The molecule has 1 aliphatic rings. The summed E-state index contributed by atoms with van der Waals surface area (Å²) in [4.78, 5) is 29.8. The highest BCUT2D eigenvalue weighted by Gasteiger charge is 2.24. The number of nitrogens with one attached hydrogen (secondary N) is 1. The highest BCUT2D eigenvalue weighted by Crippen LogP contribution is 2.29. The van der Waals surface area contributed by atoms with Crippen LogP contribution in [-0.4, -0.2) is 43.9 Å². The van der Waals surface area contributed by atoms with Gasteiger partial charge in [-0.2, -0.15) is 0 Å². The van der Waals surface area contributed by atoms with Crippen LogP contribution in [0.25, 0.3) is 0 Å². The fourth-order valence-electron chi connectivity index (χ4n) is 3.30. The first kappa shape index (κ1) is 18.6. The van der Waals surface area contributed by atoms with Crippen molar-refractivity contribution in [2.45, 2.75) is 25.8 Å². The fourth-order valence-corrected chi connectivity index (χ4v) is 4.23. The number of anilines is 1. The van der Waals surface area contributed by atoms with E-state index in [1.807, 2.05) is 50.2 Å². The Kier molecular flexibility index (Phi) is 5.74. The Morgan fingerprint density at radius 3 is 2.77 bits per heavy atom. The fraction of sp³-hybridized carbons (Fsp3) is 0.400. The largest absolute Gasteiger partial charge is 0.350 e. The molecule has 0 saturated heterocycles. The van der Waals surface area contributed by atoms with E-state index in [2.05, 4.69) is 21.7 Å². The van der Waals surface area contributed by atoms with Crippen molar-refractivity contribution in [1.82, 2.24) is 10.2 Å². The summed E-state index contributed by atoms with van der Waals surface area (Å²) >= 11 is 1.70. The minimum absolute atomic E-state index is 0.0727. The summed E-state index contributed by atoms with van der Waals surface area (Å²) in [6, 6.07) is 9.91. The van der Waals surface area contributed by atoms with Gasteiger partial charge in [0.15, 0.2) is 0 Å². The van der Waals surface area contributed by atoms with Crippen molar-refractivity contribution < 1.29 is 9.59 Å². The molecule has 0 radical (unpaired) electrons. The van der Waals surface area contributed by atoms with Gasteiger partial charge in [0.05, 0.1) is 6.04 Å². The molecule has 1 aromatic heterocycles. The molecule has 0 aliphatic carbocycles. The minimum atomic E-state index is -0.0727. The van der Waals surface area contributed by atoms with Gasteiger partial charge < -0.3 is 15.1 Å². The summed E-state index contributed by atoms with van der Waals surface area (Å²) in [5.74, 6) is 0.0576. The quantitative estimate of drug-likeness (QED) is 0.849. The Labute approximate surface area is 158 Å². The predicted octanol–water partition coefficient (Wildman–Crippen LogP) is 3.08. The van der Waals surface area contributed by atoms with Gasteiger partial charge in [0.25, 0.3) is 5.91 Å². The average molecular weight is 372 g/mol. The molecule has 2 aromatic rings. The SMILES string of the molecule is CCC(=O)N1CCc2cc(C(=O)NCC(c3cccs3)N(C)C)ccc21. The second kappa shape index (κ2) is 8.01. The van der Waals surface area contributed by atoms with Crippen LogP contribution in [0.3, 0.4) is 0 Å². The lowest BCUT2D eigenvalue weighted by atomic mass is 10.1. The Balaban J connectivity index is 1.68. The van der Waals surface area contributed by atoms with Crippen LogP contribution in [0.1, 0.15) is 40.2 Å². The van der Waals surface area contributed by atoms with Crippen molar-refractivity contribution in [3.8, 4) is 0 Å². The molecule has 2 heterocycles. The minimum Gasteiger partial charge on any atom is -0.350 e. The molecule has 0 bridgehead atoms. The number of carbonyl (C=O) groups is 2. The molecule has 0 fully saturated rings. The molecule has 1 aliphatic heterocycles. The molecule has 1 unspecified atom stereocenters. The standard InChI is InChI=1S/C20H25N3O2S/c1-4-19(24)23-10-9-14-12-15(7-8-16(14)23)20(25)21-13-17(22(2)3)18-6-5-11-26-18/h5-8,11-12,17H,4,9-10,13H2,1-3H3,(H,21,25). The Hall–Kier alpha value is -2.18. The van der Waals surface area contributed by atoms with Crippen molar-refractivity contribution in [2.75, 3.05) is 32.1 Å². The number of rotatable bonds is 6. The van der Waals surface area contributed by atoms with Gasteiger partial charge in [0.1, 0.15) is 0 Å². The van der Waals surface area contributed by atoms with E-state index in [0.717, 1.165) is 17.7 Å². The van der Waals surface area contributed by atoms with Crippen LogP contribution in [0.15, 0.2) is 35.7 Å². The maximum atomic E-state index is 12.6. The zero-order valence-corrected chi connectivity index (χ0v) is 16.3. The summed E-state index contributed by atoms with van der Waals surface area (Å²) in [5, 5.41) is 5.10. The van der Waals surface area contributed by atoms with Crippen molar-refractivity contribution >= 4 is 28.8 Å². The molecular formula is C20H25N3O2S. The molecule has 26 heavy (non-hydrogen) atoms. The van der Waals surface area contributed by atoms with Gasteiger partial charge in [-0.1, -0.05) is 13.0 Å². The van der Waals surface area contributed by atoms with E-state index < -0.39 is 0 Å². The number of fused-ring (bicyclic) bond motifs is 1. The van der Waals surface area contributed by atoms with Crippen molar-refractivity contribution in [3.05, 3.63) is 51.7 Å². The lowest BCUT2D eigenvalue weighted by molar-refractivity contribution is -0.118. The Morgan fingerprint density at radius 1 is 1.31 bits per heavy atom. The van der Waals surface area contributed by atoms with E-state index in [0.29, 0.717) is 25.1 Å². The lowest BCUT2D eigenvalue weighted by Crippen LogP contribution is -2.34. The smallest absolute Gasteiger partial charge is 0.251 e. The molecule has 6 heteroatoms. The van der Waals surface area contributed by atoms with Crippen LogP contribution in [-0.2, 0) is 11.2 Å². The molecule has 2 amide bonds. The molecule has 0 spiro atoms. The number of nitrogens with zero attached hydrogens (tertiary/aromatic N) is 2. The van der Waals surface area contributed by atoms with E-state index >= 15 is 0 Å². The Morgan fingerprint density at radius 2 is 2.12 bits per heavy atom.